The normalized spacial score (nSPS) is 13.1. The molecule has 0 saturated carbocycles. The zero-order valence-electron chi connectivity index (χ0n) is 17.4. The SMILES string of the molecule is CC(C)C(OC(=O)n1c2ccccc2c2ccncc21)C(=O)NC(CC(=O)O)C(=O)CF. The van der Waals surface area contributed by atoms with Crippen LogP contribution in [0.1, 0.15) is 20.3 Å². The van der Waals surface area contributed by atoms with E-state index < -0.39 is 54.9 Å². The summed E-state index contributed by atoms with van der Waals surface area (Å²) in [6, 6.07) is 7.34. The third kappa shape index (κ3) is 4.58. The molecule has 0 fully saturated rings. The fourth-order valence-electron chi connectivity index (χ4n) is 3.44. The van der Waals surface area contributed by atoms with E-state index in [0.29, 0.717) is 11.0 Å². The van der Waals surface area contributed by atoms with Crippen molar-refractivity contribution < 1.29 is 33.4 Å². The first-order chi connectivity index (χ1) is 15.2. The second kappa shape index (κ2) is 9.54. The summed E-state index contributed by atoms with van der Waals surface area (Å²) < 4.78 is 19.6. The van der Waals surface area contributed by atoms with Crippen LogP contribution in [-0.2, 0) is 19.1 Å². The van der Waals surface area contributed by atoms with Crippen LogP contribution in [0.15, 0.2) is 42.7 Å². The molecule has 0 bridgehead atoms. The van der Waals surface area contributed by atoms with Crippen molar-refractivity contribution in [2.75, 3.05) is 6.67 Å². The molecule has 2 heterocycles. The van der Waals surface area contributed by atoms with Crippen LogP contribution in [0.4, 0.5) is 9.18 Å². The second-order valence-electron chi connectivity index (χ2n) is 7.55. The number of nitrogens with zero attached hydrogens (tertiary/aromatic N) is 2. The number of aliphatic carboxylic acids is 1. The minimum absolute atomic E-state index is 0.484. The number of hydrogen-bond donors (Lipinski definition) is 2. The molecule has 0 radical (unpaired) electrons. The molecule has 32 heavy (non-hydrogen) atoms. The number of carbonyl (C=O) groups excluding carboxylic acids is 3. The maximum absolute atomic E-state index is 13.1. The number of pyridine rings is 1. The quantitative estimate of drug-likeness (QED) is 0.548. The Bertz CT molecular complexity index is 1140. The largest absolute Gasteiger partial charge is 0.481 e. The summed E-state index contributed by atoms with van der Waals surface area (Å²) >= 11 is 0. The van der Waals surface area contributed by atoms with Crippen molar-refractivity contribution in [1.82, 2.24) is 14.9 Å². The van der Waals surface area contributed by atoms with Gasteiger partial charge in [0.2, 0.25) is 0 Å². The lowest BCUT2D eigenvalue weighted by Gasteiger charge is -2.23. The van der Waals surface area contributed by atoms with Crippen LogP contribution in [0.3, 0.4) is 0 Å². The van der Waals surface area contributed by atoms with E-state index in [2.05, 4.69) is 10.3 Å². The summed E-state index contributed by atoms with van der Waals surface area (Å²) in [4.78, 5) is 52.6. The Kier molecular flexibility index (Phi) is 6.82. The van der Waals surface area contributed by atoms with Gasteiger partial charge < -0.3 is 15.2 Å². The maximum atomic E-state index is 13.1. The number of alkyl halides is 1. The van der Waals surface area contributed by atoms with Crippen LogP contribution in [0.2, 0.25) is 0 Å². The Morgan fingerprint density at radius 3 is 2.47 bits per heavy atom. The molecule has 2 aromatic heterocycles. The van der Waals surface area contributed by atoms with Gasteiger partial charge in [0.25, 0.3) is 5.91 Å². The number of benzene rings is 1. The van der Waals surface area contributed by atoms with E-state index >= 15 is 0 Å². The molecule has 9 nitrogen and oxygen atoms in total. The molecular formula is C22H22FN3O6. The Hall–Kier alpha value is -3.82. The van der Waals surface area contributed by atoms with E-state index in [0.717, 1.165) is 10.8 Å². The second-order valence-corrected chi connectivity index (χ2v) is 7.55. The molecule has 2 N–H and O–H groups in total. The number of ketones is 1. The monoisotopic (exact) mass is 443 g/mol. The van der Waals surface area contributed by atoms with Gasteiger partial charge in [-0.05, 0) is 18.1 Å². The van der Waals surface area contributed by atoms with Gasteiger partial charge in [0.05, 0.1) is 23.7 Å². The van der Waals surface area contributed by atoms with Crippen molar-refractivity contribution in [2.45, 2.75) is 32.4 Å². The summed E-state index contributed by atoms with van der Waals surface area (Å²) in [6.07, 6.45) is 0.123. The molecule has 0 spiro atoms. The number of ether oxygens (including phenoxy) is 1. The molecule has 1 aromatic carbocycles. The number of hydrogen-bond acceptors (Lipinski definition) is 6. The first-order valence-corrected chi connectivity index (χ1v) is 9.89. The van der Waals surface area contributed by atoms with Gasteiger partial charge in [0.1, 0.15) is 12.7 Å². The molecule has 168 valence electrons. The number of Topliss-reactive ketones (excluding diaryl/α,β-unsaturated/α-hetero) is 1. The van der Waals surface area contributed by atoms with Gasteiger partial charge in [0, 0.05) is 17.0 Å². The summed E-state index contributed by atoms with van der Waals surface area (Å²) in [5.41, 5.74) is 1.04. The number of carboxylic acid groups (broad SMARTS) is 1. The molecule has 3 rings (SSSR count). The average molecular weight is 443 g/mol. The summed E-state index contributed by atoms with van der Waals surface area (Å²) in [5.74, 6) is -3.87. The first-order valence-electron chi connectivity index (χ1n) is 9.89. The minimum atomic E-state index is -1.57. The van der Waals surface area contributed by atoms with Gasteiger partial charge in [-0.1, -0.05) is 32.0 Å². The van der Waals surface area contributed by atoms with Crippen molar-refractivity contribution in [1.29, 1.82) is 0 Å². The number of halogens is 1. The predicted octanol–water partition coefficient (Wildman–Crippen LogP) is 2.70. The topological polar surface area (TPSA) is 128 Å². The Labute approximate surface area is 182 Å². The van der Waals surface area contributed by atoms with Crippen LogP contribution in [-0.4, -0.2) is 57.2 Å². The lowest BCUT2D eigenvalue weighted by atomic mass is 10.0. The van der Waals surface area contributed by atoms with Crippen LogP contribution < -0.4 is 5.32 Å². The highest BCUT2D eigenvalue weighted by Gasteiger charge is 2.32. The minimum Gasteiger partial charge on any atom is -0.481 e. The number of aromatic nitrogens is 2. The molecule has 3 aromatic rings. The summed E-state index contributed by atoms with van der Waals surface area (Å²) in [5, 5.41) is 12.7. The smallest absolute Gasteiger partial charge is 0.419 e. The van der Waals surface area contributed by atoms with Gasteiger partial charge in [-0.15, -0.1) is 0 Å². The number of amides is 1. The lowest BCUT2D eigenvalue weighted by Crippen LogP contribution is -2.49. The van der Waals surface area contributed by atoms with Gasteiger partial charge in [-0.25, -0.2) is 13.8 Å². The summed E-state index contributed by atoms with van der Waals surface area (Å²) in [7, 11) is 0. The fourth-order valence-corrected chi connectivity index (χ4v) is 3.44. The van der Waals surface area contributed by atoms with Crippen molar-refractivity contribution in [3.8, 4) is 0 Å². The van der Waals surface area contributed by atoms with Gasteiger partial charge in [-0.3, -0.25) is 19.4 Å². The van der Waals surface area contributed by atoms with E-state index in [9.17, 15) is 23.6 Å². The van der Waals surface area contributed by atoms with Crippen molar-refractivity contribution >= 4 is 45.6 Å². The van der Waals surface area contributed by atoms with E-state index in [-0.39, 0.29) is 0 Å². The fraction of sp³-hybridized carbons (Fsp3) is 0.318. The van der Waals surface area contributed by atoms with Crippen molar-refractivity contribution in [3.05, 3.63) is 42.7 Å². The highest BCUT2D eigenvalue weighted by Crippen LogP contribution is 2.28. The number of carbonyl (C=O) groups is 4. The van der Waals surface area contributed by atoms with Gasteiger partial charge in [-0.2, -0.15) is 0 Å². The Balaban J connectivity index is 1.91. The van der Waals surface area contributed by atoms with E-state index in [4.69, 9.17) is 9.84 Å². The number of para-hydroxylation sites is 1. The van der Waals surface area contributed by atoms with Crippen LogP contribution in [0.5, 0.6) is 0 Å². The van der Waals surface area contributed by atoms with Crippen LogP contribution in [0, 0.1) is 5.92 Å². The molecule has 0 aliphatic carbocycles. The zero-order chi connectivity index (χ0) is 23.4. The predicted molar refractivity (Wildman–Crippen MR) is 113 cm³/mol. The lowest BCUT2D eigenvalue weighted by molar-refractivity contribution is -0.141. The number of rotatable bonds is 8. The molecule has 0 aliphatic heterocycles. The number of fused-ring (bicyclic) bond motifs is 3. The average Bonchev–Trinajstić information content (AvgIpc) is 3.10. The zero-order valence-corrected chi connectivity index (χ0v) is 17.4. The van der Waals surface area contributed by atoms with E-state index in [1.54, 1.807) is 38.2 Å². The third-order valence-corrected chi connectivity index (χ3v) is 4.97. The Morgan fingerprint density at radius 2 is 1.81 bits per heavy atom. The highest BCUT2D eigenvalue weighted by molar-refractivity contribution is 6.12. The number of carboxylic acids is 1. The molecule has 1 amide bonds. The van der Waals surface area contributed by atoms with Gasteiger partial charge in [0.15, 0.2) is 11.9 Å². The highest BCUT2D eigenvalue weighted by atomic mass is 19.1. The number of nitrogens with one attached hydrogen (secondary N) is 1. The Morgan fingerprint density at radius 1 is 1.12 bits per heavy atom. The summed E-state index contributed by atoms with van der Waals surface area (Å²) in [6.45, 7) is 1.81. The molecule has 2 unspecified atom stereocenters. The van der Waals surface area contributed by atoms with Crippen molar-refractivity contribution in [2.24, 2.45) is 5.92 Å². The van der Waals surface area contributed by atoms with Crippen LogP contribution in [0.25, 0.3) is 21.8 Å². The van der Waals surface area contributed by atoms with Crippen LogP contribution >= 0.6 is 0 Å². The maximum Gasteiger partial charge on any atom is 0.419 e. The standard InChI is InChI=1S/C22H22FN3O6/c1-12(2)20(21(30)25-15(9-19(28)29)18(27)10-23)32-22(31)26-16-6-4-3-5-13(16)14-7-8-24-11-17(14)26/h3-8,11-12,15,20H,9-10H2,1-2H3,(H,25,30)(H,28,29). The first kappa shape index (κ1) is 22.9. The van der Waals surface area contributed by atoms with Crippen molar-refractivity contribution in [3.63, 3.8) is 0 Å². The van der Waals surface area contributed by atoms with E-state index in [1.807, 2.05) is 12.1 Å². The molecule has 0 aliphatic rings. The molecule has 0 saturated heterocycles. The van der Waals surface area contributed by atoms with E-state index in [1.165, 1.54) is 10.8 Å². The van der Waals surface area contributed by atoms with Gasteiger partial charge >= 0.3 is 12.1 Å². The molecule has 2 atom stereocenters. The third-order valence-electron chi connectivity index (χ3n) is 4.97. The molecular weight excluding hydrogens is 421 g/mol. The molecule has 10 heteroatoms.